The molecule has 2 heterocycles. The van der Waals surface area contributed by atoms with Crippen LogP contribution in [0.5, 0.6) is 0 Å². The van der Waals surface area contributed by atoms with Gasteiger partial charge in [-0.2, -0.15) is 0 Å². The maximum Gasteiger partial charge on any atom is 0.266 e. The molecule has 1 aliphatic rings. The molecule has 0 bridgehead atoms. The number of aliphatic imine (C=N–C) groups is 1. The number of likely N-dealkylation sites (N-methyl/N-ethyl adjacent to an activating group) is 1. The first-order valence-electron chi connectivity index (χ1n) is 7.65. The summed E-state index contributed by atoms with van der Waals surface area (Å²) in [6.45, 7) is 1.90. The SMILES string of the molecule is Cc1cccc(/N=C2/S/C(=C\C(Cl)=C\c3ccccc3)C(=O)N2C)n1. The number of hydrogen-bond acceptors (Lipinski definition) is 4. The number of carbonyl (C=O) groups excluding carboxylic acids is 1. The summed E-state index contributed by atoms with van der Waals surface area (Å²) in [4.78, 5) is 23.3. The molecule has 0 unspecified atom stereocenters. The Morgan fingerprint density at radius 2 is 1.96 bits per heavy atom. The molecule has 1 aliphatic heterocycles. The minimum atomic E-state index is -0.129. The van der Waals surface area contributed by atoms with Crippen LogP contribution < -0.4 is 0 Å². The average Bonchev–Trinajstić information content (AvgIpc) is 2.84. The number of allylic oxidation sites excluding steroid dienone is 2. The number of halogens is 1. The van der Waals surface area contributed by atoms with Gasteiger partial charge in [-0.05, 0) is 48.5 Å². The molecular weight excluding hydrogens is 354 g/mol. The summed E-state index contributed by atoms with van der Waals surface area (Å²) in [5, 5.41) is 1.07. The van der Waals surface area contributed by atoms with Crippen molar-refractivity contribution in [1.29, 1.82) is 0 Å². The summed E-state index contributed by atoms with van der Waals surface area (Å²) in [6.07, 6.45) is 3.49. The lowest BCUT2D eigenvalue weighted by Gasteiger charge is -2.06. The van der Waals surface area contributed by atoms with E-state index in [1.54, 1.807) is 13.1 Å². The second-order valence-corrected chi connectivity index (χ2v) is 6.89. The summed E-state index contributed by atoms with van der Waals surface area (Å²) >= 11 is 7.57. The fourth-order valence-corrected chi connectivity index (χ4v) is 3.48. The van der Waals surface area contributed by atoms with Gasteiger partial charge in [-0.15, -0.1) is 0 Å². The minimum absolute atomic E-state index is 0.129. The van der Waals surface area contributed by atoms with E-state index in [9.17, 15) is 4.79 Å². The van der Waals surface area contributed by atoms with Gasteiger partial charge in [-0.1, -0.05) is 48.0 Å². The summed E-state index contributed by atoms with van der Waals surface area (Å²) in [5.41, 5.74) is 1.86. The largest absolute Gasteiger partial charge is 0.289 e. The molecular formula is C19H16ClN3OS. The van der Waals surface area contributed by atoms with Crippen LogP contribution in [0, 0.1) is 6.92 Å². The quantitative estimate of drug-likeness (QED) is 0.733. The zero-order valence-electron chi connectivity index (χ0n) is 13.8. The summed E-state index contributed by atoms with van der Waals surface area (Å²) < 4.78 is 0. The predicted octanol–water partition coefficient (Wildman–Crippen LogP) is 4.75. The monoisotopic (exact) mass is 369 g/mol. The van der Waals surface area contributed by atoms with E-state index in [2.05, 4.69) is 9.98 Å². The van der Waals surface area contributed by atoms with Crippen molar-refractivity contribution in [3.05, 3.63) is 75.8 Å². The van der Waals surface area contributed by atoms with E-state index in [4.69, 9.17) is 11.6 Å². The van der Waals surface area contributed by atoms with Crippen molar-refractivity contribution < 1.29 is 4.79 Å². The number of nitrogens with zero attached hydrogens (tertiary/aromatic N) is 3. The third-order valence-corrected chi connectivity index (χ3v) is 4.74. The highest BCUT2D eigenvalue weighted by molar-refractivity contribution is 8.18. The molecule has 0 aliphatic carbocycles. The van der Waals surface area contributed by atoms with Crippen molar-refractivity contribution >= 4 is 46.3 Å². The topological polar surface area (TPSA) is 45.6 Å². The van der Waals surface area contributed by atoms with Crippen molar-refractivity contribution in [2.45, 2.75) is 6.92 Å². The molecule has 25 heavy (non-hydrogen) atoms. The highest BCUT2D eigenvalue weighted by atomic mass is 35.5. The van der Waals surface area contributed by atoms with E-state index in [0.29, 0.717) is 20.9 Å². The number of aromatic nitrogens is 1. The Hall–Kier alpha value is -2.37. The molecule has 0 radical (unpaired) electrons. The van der Waals surface area contributed by atoms with Gasteiger partial charge in [0.1, 0.15) is 0 Å². The summed E-state index contributed by atoms with van der Waals surface area (Å²) in [5.74, 6) is 0.449. The number of rotatable bonds is 3. The Bertz CT molecular complexity index is 891. The molecule has 1 fully saturated rings. The lowest BCUT2D eigenvalue weighted by atomic mass is 10.2. The van der Waals surface area contributed by atoms with Crippen LogP contribution >= 0.6 is 23.4 Å². The molecule has 0 atom stereocenters. The van der Waals surface area contributed by atoms with Crippen LogP contribution in [0.2, 0.25) is 0 Å². The molecule has 1 amide bonds. The van der Waals surface area contributed by atoms with Gasteiger partial charge in [0.05, 0.1) is 4.91 Å². The van der Waals surface area contributed by atoms with Crippen LogP contribution in [-0.4, -0.2) is 28.0 Å². The van der Waals surface area contributed by atoms with Crippen molar-refractivity contribution in [1.82, 2.24) is 9.88 Å². The Morgan fingerprint density at radius 3 is 2.68 bits per heavy atom. The van der Waals surface area contributed by atoms with Gasteiger partial charge in [-0.3, -0.25) is 9.69 Å². The van der Waals surface area contributed by atoms with Gasteiger partial charge in [0.2, 0.25) is 0 Å². The molecule has 3 rings (SSSR count). The first-order valence-corrected chi connectivity index (χ1v) is 8.84. The van der Waals surface area contributed by atoms with E-state index in [0.717, 1.165) is 11.3 Å². The zero-order valence-corrected chi connectivity index (χ0v) is 15.4. The number of carbonyl (C=O) groups is 1. The Morgan fingerprint density at radius 1 is 1.20 bits per heavy atom. The first-order chi connectivity index (χ1) is 12.0. The van der Waals surface area contributed by atoms with Crippen molar-refractivity contribution in [2.75, 3.05) is 7.05 Å². The third-order valence-electron chi connectivity index (χ3n) is 3.46. The number of benzene rings is 1. The van der Waals surface area contributed by atoms with Gasteiger partial charge in [0, 0.05) is 17.8 Å². The summed E-state index contributed by atoms with van der Waals surface area (Å²) in [6, 6.07) is 15.3. The van der Waals surface area contributed by atoms with Crippen LogP contribution in [0.4, 0.5) is 5.82 Å². The fraction of sp³-hybridized carbons (Fsp3) is 0.105. The number of amides is 1. The molecule has 6 heteroatoms. The highest BCUT2D eigenvalue weighted by Gasteiger charge is 2.30. The second-order valence-electron chi connectivity index (χ2n) is 5.45. The Balaban J connectivity index is 1.84. The van der Waals surface area contributed by atoms with Crippen LogP contribution in [-0.2, 0) is 4.79 Å². The Labute approximate surface area is 155 Å². The van der Waals surface area contributed by atoms with Gasteiger partial charge >= 0.3 is 0 Å². The molecule has 1 aromatic heterocycles. The molecule has 126 valence electrons. The molecule has 2 aromatic rings. The molecule has 4 nitrogen and oxygen atoms in total. The van der Waals surface area contributed by atoms with Crippen molar-refractivity contribution in [3.8, 4) is 0 Å². The second kappa shape index (κ2) is 7.68. The van der Waals surface area contributed by atoms with E-state index in [1.807, 2.05) is 61.5 Å². The predicted molar refractivity (Wildman–Crippen MR) is 105 cm³/mol. The van der Waals surface area contributed by atoms with Gasteiger partial charge in [0.15, 0.2) is 11.0 Å². The lowest BCUT2D eigenvalue weighted by molar-refractivity contribution is -0.121. The van der Waals surface area contributed by atoms with E-state index < -0.39 is 0 Å². The smallest absolute Gasteiger partial charge is 0.266 e. The third kappa shape index (κ3) is 4.38. The van der Waals surface area contributed by atoms with E-state index in [1.165, 1.54) is 16.7 Å². The highest BCUT2D eigenvalue weighted by Crippen LogP contribution is 2.33. The van der Waals surface area contributed by atoms with Crippen LogP contribution in [0.25, 0.3) is 6.08 Å². The number of pyridine rings is 1. The van der Waals surface area contributed by atoms with Gasteiger partial charge in [-0.25, -0.2) is 9.98 Å². The van der Waals surface area contributed by atoms with E-state index in [-0.39, 0.29) is 5.91 Å². The van der Waals surface area contributed by atoms with Gasteiger partial charge in [0.25, 0.3) is 5.91 Å². The maximum atomic E-state index is 12.4. The van der Waals surface area contributed by atoms with Crippen LogP contribution in [0.15, 0.2) is 69.5 Å². The minimum Gasteiger partial charge on any atom is -0.289 e. The fourth-order valence-electron chi connectivity index (χ4n) is 2.22. The number of hydrogen-bond donors (Lipinski definition) is 0. The summed E-state index contributed by atoms with van der Waals surface area (Å²) in [7, 11) is 1.69. The molecule has 1 aromatic carbocycles. The average molecular weight is 370 g/mol. The van der Waals surface area contributed by atoms with Gasteiger partial charge < -0.3 is 0 Å². The molecule has 1 saturated heterocycles. The molecule has 0 spiro atoms. The normalized spacial score (nSPS) is 18.4. The Kier molecular flexibility index (Phi) is 5.36. The van der Waals surface area contributed by atoms with Crippen molar-refractivity contribution in [2.24, 2.45) is 4.99 Å². The number of aryl methyl sites for hydroxylation is 1. The number of thioether (sulfide) groups is 1. The zero-order chi connectivity index (χ0) is 17.8. The lowest BCUT2D eigenvalue weighted by Crippen LogP contribution is -2.23. The maximum absolute atomic E-state index is 12.4. The van der Waals surface area contributed by atoms with Crippen molar-refractivity contribution in [3.63, 3.8) is 0 Å². The standard InChI is InChI=1S/C19H16ClN3OS/c1-13-7-6-10-17(21-13)22-19-23(2)18(24)16(25-19)12-15(20)11-14-8-4-3-5-9-14/h3-12H,1-2H3/b15-11-,16-12-,22-19+. The number of amidine groups is 1. The molecule has 0 N–H and O–H groups in total. The molecule has 0 saturated carbocycles. The first kappa shape index (κ1) is 17.5. The van der Waals surface area contributed by atoms with Crippen LogP contribution in [0.3, 0.4) is 0 Å². The van der Waals surface area contributed by atoms with E-state index >= 15 is 0 Å². The van der Waals surface area contributed by atoms with Crippen LogP contribution in [0.1, 0.15) is 11.3 Å².